The van der Waals surface area contributed by atoms with E-state index < -0.39 is 5.97 Å². The smallest absolute Gasteiger partial charge is 0.354 e. The van der Waals surface area contributed by atoms with Gasteiger partial charge >= 0.3 is 5.97 Å². The molecule has 2 atom stereocenters. The maximum absolute atomic E-state index is 11.8. The number of hydrogen-bond acceptors (Lipinski definition) is 4. The second-order valence-corrected chi connectivity index (χ2v) is 7.44. The van der Waals surface area contributed by atoms with Crippen LogP contribution in [-0.2, 0) is 25.7 Å². The number of methoxy groups -OCH3 is 1. The summed E-state index contributed by atoms with van der Waals surface area (Å²) in [6.45, 7) is 7.13. The van der Waals surface area contributed by atoms with E-state index in [1.807, 2.05) is 24.3 Å². The molecule has 0 aliphatic heterocycles. The fraction of sp³-hybridized carbons (Fsp3) is 0.524. The van der Waals surface area contributed by atoms with Gasteiger partial charge in [0.1, 0.15) is 5.70 Å². The number of carbonyl (C=O) groups is 2. The number of carbonyl (C=O) groups excluding carboxylic acids is 2. The van der Waals surface area contributed by atoms with Crippen molar-refractivity contribution in [1.82, 2.24) is 5.32 Å². The predicted octanol–water partition coefficient (Wildman–Crippen LogP) is 3.45. The number of allylic oxidation sites excluding steroid dienone is 1. The molecule has 0 bridgehead atoms. The van der Waals surface area contributed by atoms with Gasteiger partial charge in [-0.25, -0.2) is 4.79 Å². The van der Waals surface area contributed by atoms with Gasteiger partial charge in [0, 0.05) is 13.5 Å². The van der Waals surface area contributed by atoms with Crippen LogP contribution in [0.1, 0.15) is 39.2 Å². The van der Waals surface area contributed by atoms with E-state index in [-0.39, 0.29) is 22.9 Å². The van der Waals surface area contributed by atoms with Crippen LogP contribution in [0.5, 0.6) is 0 Å². The first-order valence-electron chi connectivity index (χ1n) is 9.04. The largest absolute Gasteiger partial charge is 0.464 e. The molecule has 1 aromatic rings. The Kier molecular flexibility index (Phi) is 6.98. The molecule has 1 N–H and O–H groups in total. The van der Waals surface area contributed by atoms with Crippen molar-refractivity contribution in [1.29, 1.82) is 0 Å². The Labute approximate surface area is 155 Å². The minimum absolute atomic E-state index is 0.0495. The zero-order valence-corrected chi connectivity index (χ0v) is 16.1. The van der Waals surface area contributed by atoms with Crippen molar-refractivity contribution >= 4 is 11.9 Å². The van der Waals surface area contributed by atoms with Crippen molar-refractivity contribution in [2.75, 3.05) is 13.7 Å². The van der Waals surface area contributed by atoms with Gasteiger partial charge in [-0.15, -0.1) is 0 Å². The van der Waals surface area contributed by atoms with E-state index in [1.54, 1.807) is 0 Å². The minimum Gasteiger partial charge on any atom is -0.464 e. The SMILES string of the molecule is COC(=O)/C(=C/[C@@H]1C[C@H](CCOCc2ccccc2)C1(C)C)NC(C)=O. The molecule has 0 spiro atoms. The van der Waals surface area contributed by atoms with E-state index in [4.69, 9.17) is 9.47 Å². The number of benzene rings is 1. The van der Waals surface area contributed by atoms with Crippen LogP contribution >= 0.6 is 0 Å². The Morgan fingerprint density at radius 1 is 1.27 bits per heavy atom. The summed E-state index contributed by atoms with van der Waals surface area (Å²) in [7, 11) is 1.32. The highest BCUT2D eigenvalue weighted by molar-refractivity contribution is 5.93. The van der Waals surface area contributed by atoms with Gasteiger partial charge in [0.2, 0.25) is 5.91 Å². The van der Waals surface area contributed by atoms with Crippen LogP contribution in [-0.4, -0.2) is 25.6 Å². The Morgan fingerprint density at radius 3 is 2.54 bits per heavy atom. The number of hydrogen-bond donors (Lipinski definition) is 1. The normalized spacial score (nSPS) is 21.6. The van der Waals surface area contributed by atoms with Crippen molar-refractivity contribution in [3.8, 4) is 0 Å². The predicted molar refractivity (Wildman–Crippen MR) is 100 cm³/mol. The molecule has 0 unspecified atom stereocenters. The van der Waals surface area contributed by atoms with Gasteiger partial charge in [0.05, 0.1) is 13.7 Å². The Balaban J connectivity index is 1.84. The van der Waals surface area contributed by atoms with Crippen LogP contribution in [0.4, 0.5) is 0 Å². The van der Waals surface area contributed by atoms with E-state index >= 15 is 0 Å². The fourth-order valence-electron chi connectivity index (χ4n) is 3.48. The number of rotatable bonds is 8. The number of amides is 1. The molecule has 0 saturated heterocycles. The average molecular weight is 359 g/mol. The molecular weight excluding hydrogens is 330 g/mol. The Morgan fingerprint density at radius 2 is 1.96 bits per heavy atom. The van der Waals surface area contributed by atoms with Crippen molar-refractivity contribution < 1.29 is 19.1 Å². The summed E-state index contributed by atoms with van der Waals surface area (Å²) >= 11 is 0. The summed E-state index contributed by atoms with van der Waals surface area (Å²) in [6.07, 6.45) is 3.80. The summed E-state index contributed by atoms with van der Waals surface area (Å²) in [5, 5.41) is 2.58. The zero-order chi connectivity index (χ0) is 19.2. The monoisotopic (exact) mass is 359 g/mol. The summed E-state index contributed by atoms with van der Waals surface area (Å²) in [4.78, 5) is 23.1. The Bertz CT molecular complexity index is 651. The third kappa shape index (κ3) is 5.18. The Hall–Kier alpha value is -2.14. The topological polar surface area (TPSA) is 64.6 Å². The quantitative estimate of drug-likeness (QED) is 0.439. The summed E-state index contributed by atoms with van der Waals surface area (Å²) in [5.74, 6) is -0.0337. The molecule has 1 aromatic carbocycles. The molecule has 2 rings (SSSR count). The second-order valence-electron chi connectivity index (χ2n) is 7.44. The van der Waals surface area contributed by atoms with Crippen LogP contribution in [0.3, 0.4) is 0 Å². The van der Waals surface area contributed by atoms with Crippen LogP contribution in [0.2, 0.25) is 0 Å². The lowest BCUT2D eigenvalue weighted by Crippen LogP contribution is -2.45. The maximum atomic E-state index is 11.8. The fourth-order valence-corrected chi connectivity index (χ4v) is 3.48. The molecule has 1 aliphatic carbocycles. The molecular formula is C21H29NO4. The lowest BCUT2D eigenvalue weighted by atomic mass is 9.54. The third-order valence-electron chi connectivity index (χ3n) is 5.35. The third-order valence-corrected chi connectivity index (χ3v) is 5.35. The maximum Gasteiger partial charge on any atom is 0.354 e. The second kappa shape index (κ2) is 8.99. The first-order chi connectivity index (χ1) is 12.3. The molecule has 0 heterocycles. The molecule has 26 heavy (non-hydrogen) atoms. The average Bonchev–Trinajstić information content (AvgIpc) is 2.62. The summed E-state index contributed by atoms with van der Waals surface area (Å²) < 4.78 is 10.6. The van der Waals surface area contributed by atoms with Gasteiger partial charge in [-0.05, 0) is 41.7 Å². The molecule has 1 aliphatic rings. The van der Waals surface area contributed by atoms with Crippen LogP contribution in [0, 0.1) is 17.3 Å². The van der Waals surface area contributed by atoms with Gasteiger partial charge in [0.15, 0.2) is 0 Å². The van der Waals surface area contributed by atoms with Crippen molar-refractivity contribution in [2.24, 2.45) is 17.3 Å². The van der Waals surface area contributed by atoms with Crippen molar-refractivity contribution in [2.45, 2.75) is 40.2 Å². The van der Waals surface area contributed by atoms with Crippen molar-refractivity contribution in [3.05, 3.63) is 47.7 Å². The minimum atomic E-state index is -0.509. The lowest BCUT2D eigenvalue weighted by molar-refractivity contribution is -0.137. The standard InChI is InChI=1S/C21H29NO4/c1-15(23)22-19(20(24)25-4)13-18-12-17(21(18,2)3)10-11-26-14-16-8-6-5-7-9-16/h5-9,13,17-18H,10-12,14H2,1-4H3,(H,22,23)/b19-13-/t17-,18-/m0/s1. The van der Waals surface area contributed by atoms with E-state index in [0.717, 1.165) is 19.4 Å². The number of esters is 1. The highest BCUT2D eigenvalue weighted by Crippen LogP contribution is 2.53. The van der Waals surface area contributed by atoms with E-state index in [9.17, 15) is 9.59 Å². The van der Waals surface area contributed by atoms with Gasteiger partial charge in [-0.1, -0.05) is 44.2 Å². The molecule has 1 fully saturated rings. The van der Waals surface area contributed by atoms with Gasteiger partial charge in [-0.3, -0.25) is 4.79 Å². The highest BCUT2D eigenvalue weighted by atomic mass is 16.5. The van der Waals surface area contributed by atoms with E-state index in [1.165, 1.54) is 19.6 Å². The molecule has 1 amide bonds. The van der Waals surface area contributed by atoms with E-state index in [2.05, 4.69) is 31.3 Å². The molecule has 142 valence electrons. The van der Waals surface area contributed by atoms with Crippen LogP contribution < -0.4 is 5.32 Å². The molecule has 5 heteroatoms. The van der Waals surface area contributed by atoms with Gasteiger partial charge in [-0.2, -0.15) is 0 Å². The zero-order valence-electron chi connectivity index (χ0n) is 16.1. The summed E-state index contributed by atoms with van der Waals surface area (Å²) in [6, 6.07) is 10.1. The first-order valence-corrected chi connectivity index (χ1v) is 9.04. The lowest BCUT2D eigenvalue weighted by Gasteiger charge is -2.51. The molecule has 0 aromatic heterocycles. The molecule has 5 nitrogen and oxygen atoms in total. The van der Waals surface area contributed by atoms with Gasteiger partial charge in [0.25, 0.3) is 0 Å². The number of ether oxygens (including phenoxy) is 2. The molecule has 0 radical (unpaired) electrons. The highest BCUT2D eigenvalue weighted by Gasteiger charge is 2.46. The summed E-state index contributed by atoms with van der Waals surface area (Å²) in [5.41, 5.74) is 1.46. The van der Waals surface area contributed by atoms with Gasteiger partial charge < -0.3 is 14.8 Å². The van der Waals surface area contributed by atoms with Crippen molar-refractivity contribution in [3.63, 3.8) is 0 Å². The van der Waals surface area contributed by atoms with E-state index in [0.29, 0.717) is 12.5 Å². The molecule has 1 saturated carbocycles. The van der Waals surface area contributed by atoms with Crippen LogP contribution in [0.15, 0.2) is 42.1 Å². The van der Waals surface area contributed by atoms with Crippen LogP contribution in [0.25, 0.3) is 0 Å². The first kappa shape index (κ1) is 20.2. The number of nitrogens with one attached hydrogen (secondary N) is 1.